The number of nitrogens with one attached hydrogen (secondary N) is 3. The Morgan fingerprint density at radius 3 is 2.94 bits per heavy atom. The third-order valence-electron chi connectivity index (χ3n) is 2.33. The molecule has 0 radical (unpaired) electrons. The molecule has 1 amide bonds. The van der Waals surface area contributed by atoms with Crippen LogP contribution in [0.4, 0.5) is 0 Å². The van der Waals surface area contributed by atoms with E-state index in [0.717, 1.165) is 6.42 Å². The molecular formula is C11H13N3O2. The van der Waals surface area contributed by atoms with E-state index in [-0.39, 0.29) is 11.6 Å². The van der Waals surface area contributed by atoms with Gasteiger partial charge in [0.1, 0.15) is 0 Å². The number of imidazole rings is 1. The van der Waals surface area contributed by atoms with Crippen LogP contribution in [0.1, 0.15) is 23.7 Å². The molecular weight excluding hydrogens is 206 g/mol. The standard InChI is InChI=1S/C11H13N3O2/c1-2-6-12-10(15)7-4-3-5-8-9(7)14-11(16)13-8/h3-5H,2,6H2,1H3,(H,12,15)(H2,13,14,16). The topological polar surface area (TPSA) is 77.8 Å². The van der Waals surface area contributed by atoms with Gasteiger partial charge < -0.3 is 15.3 Å². The molecule has 84 valence electrons. The average molecular weight is 219 g/mol. The summed E-state index contributed by atoms with van der Waals surface area (Å²) in [5.74, 6) is -0.164. The van der Waals surface area contributed by atoms with E-state index in [1.807, 2.05) is 6.92 Å². The number of rotatable bonds is 3. The molecule has 0 fully saturated rings. The van der Waals surface area contributed by atoms with Crippen molar-refractivity contribution in [3.63, 3.8) is 0 Å². The van der Waals surface area contributed by atoms with Crippen molar-refractivity contribution >= 4 is 16.9 Å². The van der Waals surface area contributed by atoms with Crippen molar-refractivity contribution in [2.24, 2.45) is 0 Å². The molecule has 0 bridgehead atoms. The number of amides is 1. The lowest BCUT2D eigenvalue weighted by Gasteiger charge is -2.03. The first-order chi connectivity index (χ1) is 7.72. The highest BCUT2D eigenvalue weighted by Gasteiger charge is 2.10. The minimum Gasteiger partial charge on any atom is -0.352 e. The minimum atomic E-state index is -0.300. The van der Waals surface area contributed by atoms with Crippen LogP contribution in [-0.4, -0.2) is 22.4 Å². The maximum absolute atomic E-state index is 11.8. The summed E-state index contributed by atoms with van der Waals surface area (Å²) in [6.45, 7) is 2.61. The van der Waals surface area contributed by atoms with Gasteiger partial charge in [-0.15, -0.1) is 0 Å². The van der Waals surface area contributed by atoms with Gasteiger partial charge in [-0.1, -0.05) is 13.0 Å². The van der Waals surface area contributed by atoms with E-state index in [1.165, 1.54) is 0 Å². The van der Waals surface area contributed by atoms with Crippen LogP contribution < -0.4 is 11.0 Å². The first-order valence-corrected chi connectivity index (χ1v) is 5.21. The molecule has 16 heavy (non-hydrogen) atoms. The van der Waals surface area contributed by atoms with Crippen molar-refractivity contribution in [2.45, 2.75) is 13.3 Å². The number of aromatic nitrogens is 2. The van der Waals surface area contributed by atoms with Gasteiger partial charge in [0.2, 0.25) is 0 Å². The van der Waals surface area contributed by atoms with Crippen molar-refractivity contribution in [2.75, 3.05) is 6.54 Å². The Balaban J connectivity index is 2.43. The van der Waals surface area contributed by atoms with Gasteiger partial charge in [0.05, 0.1) is 16.6 Å². The molecule has 0 spiro atoms. The van der Waals surface area contributed by atoms with Crippen LogP contribution in [0.2, 0.25) is 0 Å². The number of hydrogen-bond acceptors (Lipinski definition) is 2. The molecule has 2 rings (SSSR count). The first-order valence-electron chi connectivity index (χ1n) is 5.21. The van der Waals surface area contributed by atoms with Crippen molar-refractivity contribution in [1.82, 2.24) is 15.3 Å². The summed E-state index contributed by atoms with van der Waals surface area (Å²) < 4.78 is 0. The molecule has 0 aliphatic carbocycles. The Bertz CT molecular complexity index is 568. The molecule has 0 aliphatic heterocycles. The molecule has 0 atom stereocenters. The number of benzene rings is 1. The summed E-state index contributed by atoms with van der Waals surface area (Å²) in [6, 6.07) is 5.19. The second-order valence-corrected chi connectivity index (χ2v) is 3.56. The summed E-state index contributed by atoms with van der Waals surface area (Å²) in [6.07, 6.45) is 0.880. The maximum Gasteiger partial charge on any atom is 0.323 e. The molecule has 5 heteroatoms. The van der Waals surface area contributed by atoms with E-state index < -0.39 is 0 Å². The molecule has 2 aromatic rings. The smallest absolute Gasteiger partial charge is 0.323 e. The molecule has 0 saturated carbocycles. The highest BCUT2D eigenvalue weighted by Crippen LogP contribution is 2.12. The predicted molar refractivity (Wildman–Crippen MR) is 61.5 cm³/mol. The van der Waals surface area contributed by atoms with Crippen LogP contribution in [0, 0.1) is 0 Å². The second-order valence-electron chi connectivity index (χ2n) is 3.56. The fourth-order valence-electron chi connectivity index (χ4n) is 1.58. The highest BCUT2D eigenvalue weighted by atomic mass is 16.2. The van der Waals surface area contributed by atoms with Gasteiger partial charge in [-0.25, -0.2) is 4.79 Å². The number of carbonyl (C=O) groups excluding carboxylic acids is 1. The number of fused-ring (bicyclic) bond motifs is 1. The summed E-state index contributed by atoms with van der Waals surface area (Å²) >= 11 is 0. The van der Waals surface area contributed by atoms with Crippen molar-refractivity contribution < 1.29 is 4.79 Å². The third kappa shape index (κ3) is 1.84. The fourth-order valence-corrected chi connectivity index (χ4v) is 1.58. The fraction of sp³-hybridized carbons (Fsp3) is 0.273. The zero-order valence-corrected chi connectivity index (χ0v) is 8.96. The van der Waals surface area contributed by atoms with Crippen molar-refractivity contribution in [3.8, 4) is 0 Å². The average Bonchev–Trinajstić information content (AvgIpc) is 2.65. The highest BCUT2D eigenvalue weighted by molar-refractivity contribution is 6.04. The monoisotopic (exact) mass is 219 g/mol. The Hall–Kier alpha value is -2.04. The van der Waals surface area contributed by atoms with Crippen LogP contribution in [-0.2, 0) is 0 Å². The lowest BCUT2D eigenvalue weighted by Crippen LogP contribution is -2.24. The minimum absolute atomic E-state index is 0.164. The van der Waals surface area contributed by atoms with E-state index in [2.05, 4.69) is 15.3 Å². The van der Waals surface area contributed by atoms with Gasteiger partial charge >= 0.3 is 5.69 Å². The lowest BCUT2D eigenvalue weighted by atomic mass is 10.1. The van der Waals surface area contributed by atoms with Gasteiger partial charge in [0, 0.05) is 6.54 Å². The van der Waals surface area contributed by atoms with Crippen molar-refractivity contribution in [1.29, 1.82) is 0 Å². The quantitative estimate of drug-likeness (QED) is 0.720. The van der Waals surface area contributed by atoms with E-state index >= 15 is 0 Å². The zero-order chi connectivity index (χ0) is 11.5. The normalized spacial score (nSPS) is 10.6. The second kappa shape index (κ2) is 4.22. The van der Waals surface area contributed by atoms with E-state index in [4.69, 9.17) is 0 Å². The summed E-state index contributed by atoms with van der Waals surface area (Å²) in [5.41, 5.74) is 1.39. The number of para-hydroxylation sites is 1. The largest absolute Gasteiger partial charge is 0.352 e. The van der Waals surface area contributed by atoms with E-state index in [9.17, 15) is 9.59 Å². The molecule has 1 heterocycles. The Morgan fingerprint density at radius 2 is 2.19 bits per heavy atom. The summed E-state index contributed by atoms with van der Waals surface area (Å²) in [7, 11) is 0. The predicted octanol–water partition coefficient (Wildman–Crippen LogP) is 0.996. The molecule has 0 saturated heterocycles. The Kier molecular flexibility index (Phi) is 2.76. The molecule has 1 aromatic carbocycles. The summed E-state index contributed by atoms with van der Waals surface area (Å²) in [5, 5.41) is 2.78. The van der Waals surface area contributed by atoms with Gasteiger partial charge in [-0.05, 0) is 18.6 Å². The lowest BCUT2D eigenvalue weighted by molar-refractivity contribution is 0.0955. The van der Waals surface area contributed by atoms with Crippen LogP contribution in [0.5, 0.6) is 0 Å². The van der Waals surface area contributed by atoms with Gasteiger partial charge in [0.15, 0.2) is 0 Å². The number of carbonyl (C=O) groups is 1. The third-order valence-corrected chi connectivity index (χ3v) is 2.33. The number of aromatic amines is 2. The number of H-pyrrole nitrogens is 2. The summed E-state index contributed by atoms with van der Waals surface area (Å²) in [4.78, 5) is 28.1. The van der Waals surface area contributed by atoms with Crippen LogP contribution in [0.25, 0.3) is 11.0 Å². The zero-order valence-electron chi connectivity index (χ0n) is 8.96. The van der Waals surface area contributed by atoms with Gasteiger partial charge in [0.25, 0.3) is 5.91 Å². The first kappa shape index (κ1) is 10.5. The van der Waals surface area contributed by atoms with Gasteiger partial charge in [-0.2, -0.15) is 0 Å². The molecule has 1 aromatic heterocycles. The van der Waals surface area contributed by atoms with E-state index in [0.29, 0.717) is 23.1 Å². The number of hydrogen-bond donors (Lipinski definition) is 3. The van der Waals surface area contributed by atoms with Crippen LogP contribution in [0.15, 0.2) is 23.0 Å². The molecule has 0 aliphatic rings. The molecule has 0 unspecified atom stereocenters. The SMILES string of the molecule is CCCNC(=O)c1cccc2[nH]c(=O)[nH]c12. The maximum atomic E-state index is 11.8. The Labute approximate surface area is 91.9 Å². The molecule has 3 N–H and O–H groups in total. The molecule has 5 nitrogen and oxygen atoms in total. The van der Waals surface area contributed by atoms with Gasteiger partial charge in [-0.3, -0.25) is 4.79 Å². The van der Waals surface area contributed by atoms with Crippen molar-refractivity contribution in [3.05, 3.63) is 34.2 Å². The van der Waals surface area contributed by atoms with Crippen LogP contribution in [0.3, 0.4) is 0 Å². The van der Waals surface area contributed by atoms with Crippen LogP contribution >= 0.6 is 0 Å². The Morgan fingerprint density at radius 1 is 1.38 bits per heavy atom. The van der Waals surface area contributed by atoms with E-state index in [1.54, 1.807) is 18.2 Å².